The molecule has 0 unspecified atom stereocenters. The number of carbonyl (C=O) groups excluding carboxylic acids is 2. The highest BCUT2D eigenvalue weighted by Gasteiger charge is 2.22. The lowest BCUT2D eigenvalue weighted by Crippen LogP contribution is -2.15. The Kier molecular flexibility index (Phi) is 9.28. The molecule has 3 aromatic carbocycles. The van der Waals surface area contributed by atoms with E-state index in [1.807, 2.05) is 44.2 Å². The molecule has 1 heterocycles. The zero-order valence-electron chi connectivity index (χ0n) is 24.6. The molecule has 0 radical (unpaired) electrons. The van der Waals surface area contributed by atoms with Crippen LogP contribution in [0, 0.1) is 19.8 Å². The fourth-order valence-corrected chi connectivity index (χ4v) is 6.08. The minimum Gasteiger partial charge on any atom is -0.454 e. The van der Waals surface area contributed by atoms with Crippen LogP contribution in [0.1, 0.15) is 102 Å². The molecule has 4 aromatic rings. The zero-order valence-corrected chi connectivity index (χ0v) is 24.6. The maximum Gasteiger partial charge on any atom is 0.339 e. The number of rotatable bonds is 10. The lowest BCUT2D eigenvalue weighted by Gasteiger charge is -2.29. The Morgan fingerprint density at radius 3 is 2.24 bits per heavy atom. The predicted octanol–water partition coefficient (Wildman–Crippen LogP) is 9.41. The van der Waals surface area contributed by atoms with Gasteiger partial charge < -0.3 is 4.74 Å². The van der Waals surface area contributed by atoms with Crippen molar-refractivity contribution in [2.45, 2.75) is 78.1 Å². The van der Waals surface area contributed by atoms with Gasteiger partial charge in [-0.15, -0.1) is 0 Å². The Morgan fingerprint density at radius 2 is 1.54 bits per heavy atom. The maximum absolute atomic E-state index is 13.3. The van der Waals surface area contributed by atoms with E-state index in [9.17, 15) is 9.59 Å². The summed E-state index contributed by atoms with van der Waals surface area (Å²) in [6, 6.07) is 23.7. The summed E-state index contributed by atoms with van der Waals surface area (Å²) in [5.74, 6) is 0.777. The van der Waals surface area contributed by atoms with Gasteiger partial charge in [-0.2, -0.15) is 0 Å². The molecular weight excluding hydrogens is 506 g/mol. The fourth-order valence-electron chi connectivity index (χ4n) is 6.08. The molecule has 41 heavy (non-hydrogen) atoms. The van der Waals surface area contributed by atoms with Crippen LogP contribution in [-0.4, -0.2) is 23.3 Å². The highest BCUT2D eigenvalue weighted by Crippen LogP contribution is 2.38. The third-order valence-electron chi connectivity index (χ3n) is 8.63. The van der Waals surface area contributed by atoms with Crippen LogP contribution in [-0.2, 0) is 4.74 Å². The van der Waals surface area contributed by atoms with Crippen molar-refractivity contribution < 1.29 is 14.3 Å². The number of esters is 1. The first-order chi connectivity index (χ1) is 19.9. The summed E-state index contributed by atoms with van der Waals surface area (Å²) in [6.07, 6.45) is 10.6. The zero-order chi connectivity index (χ0) is 28.8. The van der Waals surface area contributed by atoms with E-state index in [0.717, 1.165) is 39.2 Å². The Morgan fingerprint density at radius 1 is 0.829 bits per heavy atom. The van der Waals surface area contributed by atoms with Crippen LogP contribution in [0.25, 0.3) is 22.2 Å². The number of pyridine rings is 1. The second-order valence-electron chi connectivity index (χ2n) is 11.8. The molecule has 1 aromatic heterocycles. The van der Waals surface area contributed by atoms with E-state index < -0.39 is 5.97 Å². The molecule has 1 fully saturated rings. The molecule has 1 aliphatic rings. The van der Waals surface area contributed by atoms with Gasteiger partial charge in [0.25, 0.3) is 0 Å². The van der Waals surface area contributed by atoms with Gasteiger partial charge in [-0.05, 0) is 75.1 Å². The number of hydrogen-bond donors (Lipinski definition) is 0. The number of hydrogen-bond acceptors (Lipinski definition) is 4. The van der Waals surface area contributed by atoms with Gasteiger partial charge in [0.15, 0.2) is 12.4 Å². The lowest BCUT2D eigenvalue weighted by atomic mass is 9.77. The van der Waals surface area contributed by atoms with Gasteiger partial charge in [-0.1, -0.05) is 98.3 Å². The van der Waals surface area contributed by atoms with Crippen LogP contribution in [0.15, 0.2) is 72.8 Å². The van der Waals surface area contributed by atoms with Gasteiger partial charge in [-0.25, -0.2) is 9.78 Å². The summed E-state index contributed by atoms with van der Waals surface area (Å²) in [7, 11) is 0. The number of aromatic nitrogens is 1. The number of aryl methyl sites for hydroxylation is 2. The molecule has 5 rings (SSSR count). The first-order valence-corrected chi connectivity index (χ1v) is 15.2. The first-order valence-electron chi connectivity index (χ1n) is 15.2. The van der Waals surface area contributed by atoms with Crippen molar-refractivity contribution in [1.29, 1.82) is 0 Å². The molecule has 0 amide bonds. The van der Waals surface area contributed by atoms with Gasteiger partial charge in [0.1, 0.15) is 0 Å². The van der Waals surface area contributed by atoms with Crippen molar-refractivity contribution in [3.05, 3.63) is 101 Å². The minimum absolute atomic E-state index is 0.223. The lowest BCUT2D eigenvalue weighted by molar-refractivity contribution is 0.0476. The van der Waals surface area contributed by atoms with Crippen molar-refractivity contribution in [2.75, 3.05) is 6.61 Å². The molecule has 0 saturated heterocycles. The Hall–Kier alpha value is -3.79. The number of carbonyl (C=O) groups is 2. The number of benzene rings is 3. The molecular formula is C37H41NO3. The van der Waals surface area contributed by atoms with Crippen molar-refractivity contribution >= 4 is 22.7 Å². The number of nitrogens with zero attached hydrogens (tertiary/aromatic N) is 1. The van der Waals surface area contributed by atoms with Crippen LogP contribution in [0.4, 0.5) is 0 Å². The average molecular weight is 548 g/mol. The third-order valence-corrected chi connectivity index (χ3v) is 8.63. The highest BCUT2D eigenvalue weighted by molar-refractivity contribution is 6.06. The van der Waals surface area contributed by atoms with Crippen molar-refractivity contribution in [2.24, 2.45) is 5.92 Å². The van der Waals surface area contributed by atoms with Gasteiger partial charge in [0.2, 0.25) is 0 Å². The van der Waals surface area contributed by atoms with E-state index >= 15 is 0 Å². The van der Waals surface area contributed by atoms with E-state index in [1.54, 1.807) is 18.2 Å². The van der Waals surface area contributed by atoms with Gasteiger partial charge in [0.05, 0.1) is 16.8 Å². The molecule has 4 heteroatoms. The molecule has 1 aliphatic carbocycles. The van der Waals surface area contributed by atoms with Gasteiger partial charge in [0, 0.05) is 16.5 Å². The minimum atomic E-state index is -0.517. The molecule has 0 spiro atoms. The largest absolute Gasteiger partial charge is 0.454 e. The second kappa shape index (κ2) is 13.2. The van der Waals surface area contributed by atoms with Crippen LogP contribution in [0.5, 0.6) is 0 Å². The number of ether oxygens (including phenoxy) is 1. The SMILES string of the molecule is CCCCCC1CCC(c2ccc(-c3cc(C(=O)OCC(=O)c4ccc(C)cc4)c4cc(C)ccc4n3)cc2)CC1. The van der Waals surface area contributed by atoms with E-state index in [-0.39, 0.29) is 12.4 Å². The van der Waals surface area contributed by atoms with Crippen molar-refractivity contribution in [1.82, 2.24) is 4.98 Å². The Bertz CT molecular complexity index is 1500. The average Bonchev–Trinajstić information content (AvgIpc) is 3.00. The van der Waals surface area contributed by atoms with Gasteiger partial charge >= 0.3 is 5.97 Å². The Labute approximate surface area is 244 Å². The fraction of sp³-hybridized carbons (Fsp3) is 0.378. The number of Topliss-reactive ketones (excluding diaryl/α,β-unsaturated/α-hetero) is 1. The molecule has 1 saturated carbocycles. The summed E-state index contributed by atoms with van der Waals surface area (Å²) in [4.78, 5) is 30.9. The second-order valence-corrected chi connectivity index (χ2v) is 11.8. The smallest absolute Gasteiger partial charge is 0.339 e. The highest BCUT2D eigenvalue weighted by atomic mass is 16.5. The molecule has 212 valence electrons. The third kappa shape index (κ3) is 7.11. The monoisotopic (exact) mass is 547 g/mol. The van der Waals surface area contributed by atoms with Crippen LogP contribution in [0.3, 0.4) is 0 Å². The molecule has 0 bridgehead atoms. The maximum atomic E-state index is 13.3. The van der Waals surface area contributed by atoms with Gasteiger partial charge in [-0.3, -0.25) is 4.79 Å². The molecule has 0 atom stereocenters. The van der Waals surface area contributed by atoms with Crippen LogP contribution < -0.4 is 0 Å². The van der Waals surface area contributed by atoms with E-state index in [1.165, 1.54) is 56.9 Å². The van der Waals surface area contributed by atoms with Crippen LogP contribution >= 0.6 is 0 Å². The normalized spacial score (nSPS) is 17.0. The predicted molar refractivity (Wildman–Crippen MR) is 167 cm³/mol. The summed E-state index contributed by atoms with van der Waals surface area (Å²) in [5.41, 5.74) is 6.88. The van der Waals surface area contributed by atoms with E-state index in [2.05, 4.69) is 31.2 Å². The summed E-state index contributed by atoms with van der Waals surface area (Å²) >= 11 is 0. The van der Waals surface area contributed by atoms with Crippen LogP contribution in [0.2, 0.25) is 0 Å². The van der Waals surface area contributed by atoms with E-state index in [0.29, 0.717) is 17.0 Å². The quantitative estimate of drug-likeness (QED) is 0.113. The number of unbranched alkanes of at least 4 members (excludes halogenated alkanes) is 2. The summed E-state index contributed by atoms with van der Waals surface area (Å²) in [6.45, 7) is 5.93. The van der Waals surface area contributed by atoms with Crippen molar-refractivity contribution in [3.63, 3.8) is 0 Å². The topological polar surface area (TPSA) is 56.3 Å². The number of ketones is 1. The molecule has 4 nitrogen and oxygen atoms in total. The van der Waals surface area contributed by atoms with E-state index in [4.69, 9.17) is 9.72 Å². The number of fused-ring (bicyclic) bond motifs is 1. The standard InChI is InChI=1S/C37H41NO3/c1-4-5-6-7-27-11-15-28(16-12-27)29-17-19-30(20-18-29)35-23-33(32-22-26(3)10-21-34(32)38-35)37(40)41-24-36(39)31-13-8-25(2)9-14-31/h8-10,13-14,17-23,27-28H,4-7,11-12,15-16,24H2,1-3H3. The summed E-state index contributed by atoms with van der Waals surface area (Å²) < 4.78 is 5.54. The molecule has 0 N–H and O–H groups in total. The molecule has 0 aliphatic heterocycles. The first kappa shape index (κ1) is 28.7. The summed E-state index contributed by atoms with van der Waals surface area (Å²) in [5, 5.41) is 0.730. The Balaban J connectivity index is 1.32. The van der Waals surface area contributed by atoms with Crippen molar-refractivity contribution in [3.8, 4) is 11.3 Å².